The average molecular weight is 463 g/mol. The van der Waals surface area contributed by atoms with Crippen LogP contribution in [0.5, 0.6) is 0 Å². The van der Waals surface area contributed by atoms with E-state index in [9.17, 15) is 0 Å². The Labute approximate surface area is 149 Å². The standard InChI is InChI=1S/C6H22O12S2Si4/c7-21(8,9)5(22(10,11)12)1-3-19-20-4-2-6(23(13,14)15)24(16,17)18/h5-18H,1-4H2. The first-order valence-electron chi connectivity index (χ1n) is 6.40. The van der Waals surface area contributed by atoms with Crippen LogP contribution in [0.4, 0.5) is 0 Å². The quantitative estimate of drug-likeness (QED) is 0.0779. The second kappa shape index (κ2) is 9.33. The zero-order valence-electron chi connectivity index (χ0n) is 12.2. The zero-order valence-corrected chi connectivity index (χ0v) is 17.8. The van der Waals surface area contributed by atoms with Gasteiger partial charge < -0.3 is 57.5 Å². The summed E-state index contributed by atoms with van der Waals surface area (Å²) in [7, 11) is -17.8. The monoisotopic (exact) mass is 462 g/mol. The molecule has 0 saturated heterocycles. The van der Waals surface area contributed by atoms with Gasteiger partial charge in [-0.1, -0.05) is 21.6 Å². The summed E-state index contributed by atoms with van der Waals surface area (Å²) in [5.74, 6) is 0.0690. The van der Waals surface area contributed by atoms with Crippen molar-refractivity contribution in [2.75, 3.05) is 11.5 Å². The molecular formula is C6H22O12S2Si4. The van der Waals surface area contributed by atoms with Crippen LogP contribution in [0.25, 0.3) is 0 Å². The summed E-state index contributed by atoms with van der Waals surface area (Å²) in [6.45, 7) is 0. The highest BCUT2D eigenvalue weighted by molar-refractivity contribution is 8.76. The Balaban J connectivity index is 4.31. The van der Waals surface area contributed by atoms with Gasteiger partial charge in [-0.15, -0.1) is 0 Å². The lowest BCUT2D eigenvalue weighted by molar-refractivity contribution is 0.170. The normalized spacial score (nSPS) is 14.8. The minimum Gasteiger partial charge on any atom is -0.390 e. The van der Waals surface area contributed by atoms with Crippen LogP contribution >= 0.6 is 21.6 Å². The van der Waals surface area contributed by atoms with Crippen molar-refractivity contribution in [2.45, 2.75) is 23.2 Å². The van der Waals surface area contributed by atoms with Crippen molar-refractivity contribution >= 4 is 56.8 Å². The minimum absolute atomic E-state index is 0.0345. The van der Waals surface area contributed by atoms with Crippen LogP contribution in [-0.2, 0) is 0 Å². The molecule has 0 aliphatic heterocycles. The van der Waals surface area contributed by atoms with E-state index in [1.165, 1.54) is 0 Å². The lowest BCUT2D eigenvalue weighted by Gasteiger charge is -2.27. The molecule has 12 nitrogen and oxygen atoms in total. The van der Waals surface area contributed by atoms with Gasteiger partial charge in [-0.3, -0.25) is 0 Å². The first kappa shape index (κ1) is 25.1. The van der Waals surface area contributed by atoms with Gasteiger partial charge in [-0.2, -0.15) is 0 Å². The molecule has 0 saturated carbocycles. The fourth-order valence-corrected chi connectivity index (χ4v) is 11.0. The molecular weight excluding hydrogens is 441 g/mol. The van der Waals surface area contributed by atoms with E-state index in [2.05, 4.69) is 0 Å². The van der Waals surface area contributed by atoms with Crippen molar-refractivity contribution in [3.8, 4) is 0 Å². The van der Waals surface area contributed by atoms with Gasteiger partial charge in [0.05, 0.1) is 10.3 Å². The third-order valence-electron chi connectivity index (χ3n) is 2.93. The van der Waals surface area contributed by atoms with Crippen molar-refractivity contribution in [1.82, 2.24) is 0 Å². The Kier molecular flexibility index (Phi) is 9.76. The molecule has 18 heteroatoms. The fraction of sp³-hybridized carbons (Fsp3) is 1.00. The van der Waals surface area contributed by atoms with E-state index in [4.69, 9.17) is 57.5 Å². The molecule has 0 aromatic heterocycles. The van der Waals surface area contributed by atoms with Crippen molar-refractivity contribution in [3.05, 3.63) is 0 Å². The Morgan fingerprint density at radius 1 is 0.458 bits per heavy atom. The molecule has 0 radical (unpaired) electrons. The summed E-state index contributed by atoms with van der Waals surface area (Å²) in [5, 5.41) is -3.68. The second-order valence-corrected chi connectivity index (χ2v) is 17.2. The van der Waals surface area contributed by atoms with Crippen LogP contribution in [0.15, 0.2) is 0 Å². The molecule has 12 N–H and O–H groups in total. The van der Waals surface area contributed by atoms with Crippen molar-refractivity contribution in [2.24, 2.45) is 0 Å². The van der Waals surface area contributed by atoms with Gasteiger partial charge in [0, 0.05) is 11.5 Å². The number of hydrogen-bond donors (Lipinski definition) is 12. The molecule has 0 bridgehead atoms. The lowest BCUT2D eigenvalue weighted by atomic mass is 10.6. The van der Waals surface area contributed by atoms with Gasteiger partial charge in [0.1, 0.15) is 0 Å². The van der Waals surface area contributed by atoms with Gasteiger partial charge in [-0.05, 0) is 12.8 Å². The molecule has 0 aromatic carbocycles. The van der Waals surface area contributed by atoms with Crippen LogP contribution < -0.4 is 0 Å². The molecule has 0 unspecified atom stereocenters. The van der Waals surface area contributed by atoms with Gasteiger partial charge in [-0.25, -0.2) is 0 Å². The van der Waals surface area contributed by atoms with Crippen LogP contribution in [0.3, 0.4) is 0 Å². The molecule has 0 aliphatic carbocycles. The van der Waals surface area contributed by atoms with E-state index in [0.29, 0.717) is 0 Å². The minimum atomic E-state index is -4.96. The van der Waals surface area contributed by atoms with Gasteiger partial charge in [0.25, 0.3) is 0 Å². The average Bonchev–Trinajstić information content (AvgIpc) is 2.25. The van der Waals surface area contributed by atoms with Crippen molar-refractivity contribution < 1.29 is 57.5 Å². The van der Waals surface area contributed by atoms with E-state index in [-0.39, 0.29) is 24.3 Å². The van der Waals surface area contributed by atoms with E-state index >= 15 is 0 Å². The summed E-state index contributed by atoms with van der Waals surface area (Å²) in [6, 6.07) is 0. The van der Waals surface area contributed by atoms with E-state index < -0.39 is 45.5 Å². The first-order valence-corrected chi connectivity index (χ1v) is 16.6. The van der Waals surface area contributed by atoms with Crippen LogP contribution in [0, 0.1) is 0 Å². The highest BCUT2D eigenvalue weighted by Gasteiger charge is 2.56. The molecule has 24 heavy (non-hydrogen) atoms. The Morgan fingerprint density at radius 3 is 0.833 bits per heavy atom. The largest absolute Gasteiger partial charge is 0.500 e. The van der Waals surface area contributed by atoms with Crippen LogP contribution in [0.2, 0.25) is 10.3 Å². The van der Waals surface area contributed by atoms with Crippen molar-refractivity contribution in [3.63, 3.8) is 0 Å². The van der Waals surface area contributed by atoms with Crippen molar-refractivity contribution in [1.29, 1.82) is 0 Å². The predicted octanol–water partition coefficient (Wildman–Crippen LogP) is -5.37. The van der Waals surface area contributed by atoms with Crippen LogP contribution in [0.1, 0.15) is 12.8 Å². The Morgan fingerprint density at radius 2 is 0.667 bits per heavy atom. The molecule has 0 atom stereocenters. The van der Waals surface area contributed by atoms with Gasteiger partial charge in [0.2, 0.25) is 0 Å². The van der Waals surface area contributed by atoms with E-state index in [1.54, 1.807) is 0 Å². The molecule has 0 amide bonds. The maximum atomic E-state index is 9.10. The number of hydrogen-bond acceptors (Lipinski definition) is 14. The Bertz CT molecular complexity index is 312. The Hall–Kier alpha value is 1.09. The maximum absolute atomic E-state index is 9.10. The second-order valence-electron chi connectivity index (χ2n) is 5.08. The molecule has 0 spiro atoms. The number of rotatable bonds is 11. The zero-order chi connectivity index (χ0) is 19.4. The summed E-state index contributed by atoms with van der Waals surface area (Å²) in [5.41, 5.74) is 0. The molecule has 0 rings (SSSR count). The third-order valence-corrected chi connectivity index (χ3v) is 14.9. The highest BCUT2D eigenvalue weighted by atomic mass is 33.1. The van der Waals surface area contributed by atoms with Crippen LogP contribution in [-0.4, -0.2) is 104 Å². The summed E-state index contributed by atoms with van der Waals surface area (Å²) >= 11 is 0. The highest BCUT2D eigenvalue weighted by Crippen LogP contribution is 2.34. The maximum Gasteiger partial charge on any atom is 0.500 e. The predicted molar refractivity (Wildman–Crippen MR) is 91.3 cm³/mol. The van der Waals surface area contributed by atoms with Gasteiger partial charge >= 0.3 is 35.2 Å². The molecule has 0 fully saturated rings. The molecule has 0 aromatic rings. The third kappa shape index (κ3) is 9.69. The molecule has 0 aliphatic rings. The fourth-order valence-electron chi connectivity index (χ4n) is 1.74. The SMILES string of the molecule is O[Si](O)(O)C(CCSSCCC([Si](O)(O)O)[Si](O)(O)O)[Si](O)(O)O. The summed E-state index contributed by atoms with van der Waals surface area (Å²) in [4.78, 5) is 109. The van der Waals surface area contributed by atoms with E-state index in [0.717, 1.165) is 21.6 Å². The first-order chi connectivity index (χ1) is 10.5. The summed E-state index contributed by atoms with van der Waals surface area (Å²) in [6.07, 6.45) is -0.659. The summed E-state index contributed by atoms with van der Waals surface area (Å²) < 4.78 is 0. The van der Waals surface area contributed by atoms with E-state index in [1.807, 2.05) is 0 Å². The van der Waals surface area contributed by atoms with Gasteiger partial charge in [0.15, 0.2) is 0 Å². The smallest absolute Gasteiger partial charge is 0.390 e. The molecule has 146 valence electrons. The molecule has 0 heterocycles. The topological polar surface area (TPSA) is 243 Å². The lowest BCUT2D eigenvalue weighted by Crippen LogP contribution is -2.56.